The van der Waals surface area contributed by atoms with Crippen molar-refractivity contribution in [3.63, 3.8) is 0 Å². The molecule has 0 fully saturated rings. The van der Waals surface area contributed by atoms with Gasteiger partial charge < -0.3 is 10.3 Å². The zero-order valence-electron chi connectivity index (χ0n) is 16.7. The number of sulfone groups is 1. The number of nitrogen functional groups attached to an aromatic ring is 1. The average molecular weight is 443 g/mol. The van der Waals surface area contributed by atoms with Crippen LogP contribution in [-0.4, -0.2) is 28.7 Å². The number of pyridine rings is 1. The molecule has 0 aliphatic rings. The van der Waals surface area contributed by atoms with Crippen LogP contribution >= 0.6 is 11.6 Å². The normalized spacial score (nSPS) is 12.1. The van der Waals surface area contributed by atoms with E-state index in [0.29, 0.717) is 40.6 Å². The van der Waals surface area contributed by atoms with E-state index in [4.69, 9.17) is 22.3 Å². The minimum atomic E-state index is -3.33. The first-order chi connectivity index (χ1) is 14.4. The molecule has 0 saturated heterocycles. The predicted octanol–water partition coefficient (Wildman–Crippen LogP) is 4.64. The van der Waals surface area contributed by atoms with Gasteiger partial charge in [0.05, 0.1) is 21.7 Å². The number of benzene rings is 2. The van der Waals surface area contributed by atoms with Gasteiger partial charge in [0.25, 0.3) is 0 Å². The van der Waals surface area contributed by atoms with Gasteiger partial charge in [-0.15, -0.1) is 0 Å². The van der Waals surface area contributed by atoms with Crippen LogP contribution in [0.4, 0.5) is 5.82 Å². The summed E-state index contributed by atoms with van der Waals surface area (Å²) in [6, 6.07) is 14.2. The van der Waals surface area contributed by atoms with Crippen LogP contribution in [0.1, 0.15) is 25.6 Å². The van der Waals surface area contributed by atoms with E-state index in [9.17, 15) is 8.42 Å². The lowest BCUT2D eigenvalue weighted by Crippen LogP contribution is -2.09. The number of halogens is 1. The molecular formula is C22H23ClN4O2S. The van der Waals surface area contributed by atoms with Crippen molar-refractivity contribution in [3.05, 3.63) is 59.4 Å². The van der Waals surface area contributed by atoms with Crippen LogP contribution in [0.2, 0.25) is 5.02 Å². The van der Waals surface area contributed by atoms with E-state index in [1.54, 1.807) is 24.3 Å². The molecule has 30 heavy (non-hydrogen) atoms. The molecule has 0 radical (unpaired) electrons. The molecule has 0 aliphatic heterocycles. The van der Waals surface area contributed by atoms with Crippen LogP contribution in [0.5, 0.6) is 0 Å². The molecule has 4 aromatic rings. The molecular weight excluding hydrogens is 420 g/mol. The van der Waals surface area contributed by atoms with Crippen LogP contribution < -0.4 is 5.73 Å². The largest absolute Gasteiger partial charge is 0.382 e. The van der Waals surface area contributed by atoms with Gasteiger partial charge >= 0.3 is 0 Å². The summed E-state index contributed by atoms with van der Waals surface area (Å²) < 4.78 is 27.3. The lowest BCUT2D eigenvalue weighted by atomic mass is 10.2. The molecule has 2 aromatic heterocycles. The van der Waals surface area contributed by atoms with Crippen molar-refractivity contribution in [2.45, 2.75) is 37.6 Å². The van der Waals surface area contributed by atoms with Crippen molar-refractivity contribution in [2.24, 2.45) is 0 Å². The minimum Gasteiger partial charge on any atom is -0.382 e. The lowest BCUT2D eigenvalue weighted by Gasteiger charge is -2.10. The summed E-state index contributed by atoms with van der Waals surface area (Å²) in [5.41, 5.74) is 8.68. The number of hydrogen-bond donors (Lipinski definition) is 1. The average Bonchev–Trinajstić information content (AvgIpc) is 3.11. The maximum atomic E-state index is 12.6. The molecule has 2 heterocycles. The van der Waals surface area contributed by atoms with Gasteiger partial charge in [-0.2, -0.15) is 0 Å². The number of nitrogens with zero attached hydrogens (tertiary/aromatic N) is 3. The Hall–Kier alpha value is -2.64. The van der Waals surface area contributed by atoms with Crippen molar-refractivity contribution in [3.8, 4) is 0 Å². The first-order valence-corrected chi connectivity index (χ1v) is 12.0. The second-order valence-corrected chi connectivity index (χ2v) is 9.77. The smallest absolute Gasteiger partial charge is 0.178 e. The Morgan fingerprint density at radius 2 is 1.77 bits per heavy atom. The number of imidazole rings is 1. The number of unbranched alkanes of at least 4 members (excludes halogenated alkanes) is 1. The topological polar surface area (TPSA) is 90.9 Å². The van der Waals surface area contributed by atoms with Crippen molar-refractivity contribution < 1.29 is 8.42 Å². The molecule has 0 aliphatic carbocycles. The molecule has 4 rings (SSSR count). The molecule has 0 unspecified atom stereocenters. The van der Waals surface area contributed by atoms with Gasteiger partial charge in [-0.3, -0.25) is 0 Å². The molecule has 8 heteroatoms. The van der Waals surface area contributed by atoms with E-state index in [-0.39, 0.29) is 5.75 Å². The Balaban J connectivity index is 1.57. The van der Waals surface area contributed by atoms with Crippen molar-refractivity contribution in [2.75, 3.05) is 11.5 Å². The quantitative estimate of drug-likeness (QED) is 0.421. The summed E-state index contributed by atoms with van der Waals surface area (Å²) in [5.74, 6) is 1.44. The van der Waals surface area contributed by atoms with E-state index in [2.05, 4.69) is 16.5 Å². The number of hydrogen-bond acceptors (Lipinski definition) is 5. The lowest BCUT2D eigenvalue weighted by molar-refractivity contribution is 0.581. The van der Waals surface area contributed by atoms with E-state index in [1.165, 1.54) is 0 Å². The SMILES string of the molecule is CCc1nc2c(N)nc3ccccc3c2n1CCCCS(=O)(=O)c1ccc(Cl)cc1. The predicted molar refractivity (Wildman–Crippen MR) is 122 cm³/mol. The number of anilines is 1. The Bertz CT molecular complexity index is 1310. The Morgan fingerprint density at radius 3 is 2.50 bits per heavy atom. The first kappa shape index (κ1) is 20.6. The van der Waals surface area contributed by atoms with Crippen LogP contribution in [0.3, 0.4) is 0 Å². The Labute approximate surface area is 180 Å². The zero-order chi connectivity index (χ0) is 21.3. The molecule has 2 aromatic carbocycles. The number of aromatic nitrogens is 3. The summed E-state index contributed by atoms with van der Waals surface area (Å²) in [7, 11) is -3.33. The van der Waals surface area contributed by atoms with E-state index < -0.39 is 9.84 Å². The summed E-state index contributed by atoms with van der Waals surface area (Å²) in [5, 5.41) is 1.52. The fraction of sp³-hybridized carbons (Fsp3) is 0.273. The second-order valence-electron chi connectivity index (χ2n) is 7.22. The van der Waals surface area contributed by atoms with Gasteiger partial charge in [-0.1, -0.05) is 36.7 Å². The second kappa shape index (κ2) is 8.24. The molecule has 0 spiro atoms. The molecule has 0 saturated carbocycles. The molecule has 0 bridgehead atoms. The monoisotopic (exact) mass is 442 g/mol. The highest BCUT2D eigenvalue weighted by Gasteiger charge is 2.17. The third kappa shape index (κ3) is 3.87. The Morgan fingerprint density at radius 1 is 1.03 bits per heavy atom. The number of nitrogens with two attached hydrogens (primary N) is 1. The van der Waals surface area contributed by atoms with E-state index >= 15 is 0 Å². The van der Waals surface area contributed by atoms with Gasteiger partial charge in [-0.25, -0.2) is 18.4 Å². The number of aryl methyl sites for hydroxylation is 2. The fourth-order valence-corrected chi connectivity index (χ4v) is 5.23. The fourth-order valence-electron chi connectivity index (χ4n) is 3.74. The van der Waals surface area contributed by atoms with Crippen LogP contribution in [0.25, 0.3) is 21.9 Å². The van der Waals surface area contributed by atoms with Gasteiger partial charge in [0.2, 0.25) is 0 Å². The molecule has 0 amide bonds. The molecule has 156 valence electrons. The summed E-state index contributed by atoms with van der Waals surface area (Å²) in [6.45, 7) is 2.72. The van der Waals surface area contributed by atoms with Gasteiger partial charge in [0, 0.05) is 23.4 Å². The van der Waals surface area contributed by atoms with Crippen LogP contribution in [0, 0.1) is 0 Å². The zero-order valence-corrected chi connectivity index (χ0v) is 18.2. The van der Waals surface area contributed by atoms with Gasteiger partial charge in [-0.05, 0) is 43.2 Å². The van der Waals surface area contributed by atoms with E-state index in [1.807, 2.05) is 24.3 Å². The van der Waals surface area contributed by atoms with Crippen molar-refractivity contribution in [1.82, 2.24) is 14.5 Å². The third-order valence-electron chi connectivity index (χ3n) is 5.22. The van der Waals surface area contributed by atoms with Gasteiger partial charge in [0.15, 0.2) is 15.7 Å². The highest BCUT2D eigenvalue weighted by molar-refractivity contribution is 7.91. The standard InChI is InChI=1S/C22H23ClN4O2S/c1-2-19-26-20-21(17-7-3-4-8-18(17)25-22(20)24)27(19)13-5-6-14-30(28,29)16-11-9-15(23)10-12-16/h3-4,7-12H,2,5-6,13-14H2,1H3,(H2,24,25). The summed E-state index contributed by atoms with van der Waals surface area (Å²) in [4.78, 5) is 9.49. The van der Waals surface area contributed by atoms with Crippen LogP contribution in [0.15, 0.2) is 53.4 Å². The highest BCUT2D eigenvalue weighted by atomic mass is 35.5. The summed E-state index contributed by atoms with van der Waals surface area (Å²) >= 11 is 5.86. The van der Waals surface area contributed by atoms with Crippen molar-refractivity contribution in [1.29, 1.82) is 0 Å². The third-order valence-corrected chi connectivity index (χ3v) is 7.29. The number of fused-ring (bicyclic) bond motifs is 3. The molecule has 0 atom stereocenters. The van der Waals surface area contributed by atoms with Crippen molar-refractivity contribution >= 4 is 49.2 Å². The Kier molecular flexibility index (Phi) is 5.66. The number of rotatable bonds is 7. The highest BCUT2D eigenvalue weighted by Crippen LogP contribution is 2.29. The van der Waals surface area contributed by atoms with Crippen LogP contribution in [-0.2, 0) is 22.8 Å². The van der Waals surface area contributed by atoms with Gasteiger partial charge in [0.1, 0.15) is 11.3 Å². The van der Waals surface area contributed by atoms with E-state index in [0.717, 1.165) is 28.7 Å². The number of para-hydroxylation sites is 1. The molecule has 6 nitrogen and oxygen atoms in total. The molecule has 2 N–H and O–H groups in total. The maximum absolute atomic E-state index is 12.6. The minimum absolute atomic E-state index is 0.0904. The summed E-state index contributed by atoms with van der Waals surface area (Å²) in [6.07, 6.45) is 2.01. The maximum Gasteiger partial charge on any atom is 0.178 e. The first-order valence-electron chi connectivity index (χ1n) is 9.92.